The fourth-order valence-corrected chi connectivity index (χ4v) is 4.86. The third-order valence-electron chi connectivity index (χ3n) is 6.60. The molecule has 184 valence electrons. The second-order valence-corrected chi connectivity index (χ2v) is 10.3. The summed E-state index contributed by atoms with van der Waals surface area (Å²) in [5.41, 5.74) is 2.31. The predicted octanol–water partition coefficient (Wildman–Crippen LogP) is -0.732. The average Bonchev–Trinajstić information content (AvgIpc) is 3.02. The van der Waals surface area contributed by atoms with Gasteiger partial charge in [0.05, 0.1) is 6.61 Å². The maximum atomic E-state index is 12.7. The van der Waals surface area contributed by atoms with E-state index in [-0.39, 0.29) is 68.7 Å². The van der Waals surface area contributed by atoms with Crippen molar-refractivity contribution >= 4 is 13.8 Å². The van der Waals surface area contributed by atoms with E-state index >= 15 is 0 Å². The van der Waals surface area contributed by atoms with Crippen LogP contribution >= 0.6 is 7.82 Å². The monoisotopic (exact) mass is 524 g/mol. The van der Waals surface area contributed by atoms with E-state index in [2.05, 4.69) is 25.5 Å². The first-order chi connectivity index (χ1) is 15.2. The molecular formula is C22H30KO10P. The summed E-state index contributed by atoms with van der Waals surface area (Å²) in [6.45, 7) is 10.6. The molecule has 0 spiro atoms. The molecule has 0 fully saturated rings. The summed E-state index contributed by atoms with van der Waals surface area (Å²) >= 11 is 0. The van der Waals surface area contributed by atoms with Gasteiger partial charge in [-0.05, 0) is 63.1 Å². The number of fused-ring (bicyclic) bond motifs is 1. The number of carbonyl (C=O) groups is 1. The number of hydrogen-bond acceptors (Lipinski definition) is 10. The van der Waals surface area contributed by atoms with Gasteiger partial charge in [0.15, 0.2) is 11.9 Å². The summed E-state index contributed by atoms with van der Waals surface area (Å²) in [6, 6.07) is 0. The largest absolute Gasteiger partial charge is 1.00 e. The number of esters is 1. The van der Waals surface area contributed by atoms with Crippen molar-refractivity contribution in [1.29, 1.82) is 0 Å². The molecule has 34 heavy (non-hydrogen) atoms. The molecule has 4 atom stereocenters. The maximum Gasteiger partial charge on any atom is 1.00 e. The fourth-order valence-electron chi connectivity index (χ4n) is 3.94. The van der Waals surface area contributed by atoms with Crippen LogP contribution in [0.1, 0.15) is 49.4 Å². The van der Waals surface area contributed by atoms with Gasteiger partial charge in [-0.25, -0.2) is 9.36 Å². The Morgan fingerprint density at radius 1 is 1.21 bits per heavy atom. The molecule has 2 aliphatic rings. The van der Waals surface area contributed by atoms with Crippen LogP contribution in [0.3, 0.4) is 0 Å². The molecular weight excluding hydrogens is 494 g/mol. The van der Waals surface area contributed by atoms with E-state index in [1.165, 1.54) is 0 Å². The number of rotatable bonds is 7. The minimum atomic E-state index is -5.21. The van der Waals surface area contributed by atoms with Crippen LogP contribution in [0.4, 0.5) is 0 Å². The molecule has 0 amide bonds. The molecule has 2 heterocycles. The molecule has 10 nitrogen and oxygen atoms in total. The second kappa shape index (κ2) is 10.8. The quantitative estimate of drug-likeness (QED) is 0.236. The third-order valence-corrected chi connectivity index (χ3v) is 7.42. The van der Waals surface area contributed by atoms with Crippen molar-refractivity contribution < 1.29 is 99.5 Å². The molecule has 0 saturated heterocycles. The van der Waals surface area contributed by atoms with Gasteiger partial charge in [-0.2, -0.15) is 0 Å². The van der Waals surface area contributed by atoms with Gasteiger partial charge < -0.3 is 38.7 Å². The molecule has 2 aliphatic heterocycles. The number of carbonyl (C=O) groups excluding carboxylic acids is 1. The Morgan fingerprint density at radius 3 is 2.38 bits per heavy atom. The first-order valence-electron chi connectivity index (χ1n) is 10.7. The molecule has 1 aromatic carbocycles. The van der Waals surface area contributed by atoms with Crippen molar-refractivity contribution in [3.8, 4) is 11.5 Å². The smallest absolute Gasteiger partial charge is 0.736 e. The zero-order valence-electron chi connectivity index (χ0n) is 20.5. The molecule has 3 N–H and O–H groups in total. The van der Waals surface area contributed by atoms with Crippen molar-refractivity contribution in [2.45, 2.75) is 72.2 Å². The minimum Gasteiger partial charge on any atom is -0.736 e. The summed E-state index contributed by atoms with van der Waals surface area (Å²) in [6.07, 6.45) is -1.88. The Morgan fingerprint density at radius 2 is 1.82 bits per heavy atom. The second-order valence-electron chi connectivity index (χ2n) is 9.00. The first kappa shape index (κ1) is 29.6. The Hall–Kier alpha value is -0.624. The Labute approximate surface area is 241 Å². The number of hydrogen-bond donors (Lipinski definition) is 3. The van der Waals surface area contributed by atoms with Crippen LogP contribution in [0.5, 0.6) is 11.5 Å². The van der Waals surface area contributed by atoms with E-state index < -0.39 is 44.1 Å². The van der Waals surface area contributed by atoms with Crippen molar-refractivity contribution in [2.75, 3.05) is 6.61 Å². The molecule has 0 radical (unpaired) electrons. The summed E-state index contributed by atoms with van der Waals surface area (Å²) in [5.74, 6) is -2.23. The van der Waals surface area contributed by atoms with Crippen LogP contribution in [0.15, 0.2) is 11.5 Å². The Bertz CT molecular complexity index is 1050. The van der Waals surface area contributed by atoms with Gasteiger partial charge in [0, 0.05) is 5.56 Å². The summed E-state index contributed by atoms with van der Waals surface area (Å²) < 4.78 is 33.7. The first-order valence-corrected chi connectivity index (χ1v) is 12.1. The summed E-state index contributed by atoms with van der Waals surface area (Å²) in [4.78, 5) is 24.6. The van der Waals surface area contributed by atoms with Crippen molar-refractivity contribution in [2.24, 2.45) is 5.92 Å². The zero-order valence-corrected chi connectivity index (χ0v) is 24.5. The SMILES string of the molecule is Cc1c(C)c2c(c(C)c1OP(=O)([O-])OC1=C(O)C(C(O)CO)OC1=O)CCC(C)(C(C)C)O2.[K+]. The molecule has 0 bridgehead atoms. The fraction of sp³-hybridized carbons (Fsp3) is 0.591. The molecule has 3 rings (SSSR count). The van der Waals surface area contributed by atoms with E-state index in [4.69, 9.17) is 18.9 Å². The number of benzene rings is 1. The average molecular weight is 525 g/mol. The number of aliphatic hydroxyl groups excluding tert-OH is 3. The van der Waals surface area contributed by atoms with Crippen LogP contribution in [-0.2, 0) is 25.0 Å². The molecule has 0 aliphatic carbocycles. The van der Waals surface area contributed by atoms with Gasteiger partial charge in [0.25, 0.3) is 5.76 Å². The normalized spacial score (nSPS) is 24.5. The number of phosphoric ester groups is 1. The van der Waals surface area contributed by atoms with Gasteiger partial charge in [0.1, 0.15) is 23.2 Å². The zero-order chi connectivity index (χ0) is 24.9. The van der Waals surface area contributed by atoms with E-state index in [9.17, 15) is 24.5 Å². The third kappa shape index (κ3) is 5.53. The van der Waals surface area contributed by atoms with Crippen LogP contribution in [0.25, 0.3) is 0 Å². The van der Waals surface area contributed by atoms with E-state index in [0.29, 0.717) is 23.3 Å². The van der Waals surface area contributed by atoms with Crippen LogP contribution in [0, 0.1) is 26.7 Å². The standard InChI is InChI=1S/C22H31O10P.K/c1-10(2)22(6)8-7-14-13(5)17(11(3)12(4)18(14)30-22)31-33(27,28)32-20-16(25)19(15(24)9-23)29-21(20)26;/h10,15,19,23-25H,7-9H2,1-6H3,(H,27,28);/q;+1/p-1. The Balaban J connectivity index is 0.00000408. The molecule has 0 aromatic heterocycles. The van der Waals surface area contributed by atoms with Gasteiger partial charge in [-0.15, -0.1) is 0 Å². The summed E-state index contributed by atoms with van der Waals surface area (Å²) in [5, 5.41) is 28.7. The van der Waals surface area contributed by atoms with Gasteiger partial charge in [-0.3, -0.25) is 0 Å². The molecule has 12 heteroatoms. The van der Waals surface area contributed by atoms with Crippen LogP contribution < -0.4 is 65.5 Å². The number of cyclic esters (lactones) is 1. The van der Waals surface area contributed by atoms with Crippen LogP contribution in [0.2, 0.25) is 0 Å². The van der Waals surface area contributed by atoms with E-state index in [1.54, 1.807) is 13.8 Å². The minimum absolute atomic E-state index is 0. The van der Waals surface area contributed by atoms with Gasteiger partial charge in [0.2, 0.25) is 0 Å². The summed E-state index contributed by atoms with van der Waals surface area (Å²) in [7, 11) is -5.21. The predicted molar refractivity (Wildman–Crippen MR) is 115 cm³/mol. The van der Waals surface area contributed by atoms with Crippen molar-refractivity contribution in [1.82, 2.24) is 0 Å². The Kier molecular flexibility index (Phi) is 9.39. The number of phosphoric acid groups is 1. The van der Waals surface area contributed by atoms with E-state index in [0.717, 1.165) is 17.5 Å². The van der Waals surface area contributed by atoms with Crippen molar-refractivity contribution in [3.63, 3.8) is 0 Å². The number of aliphatic hydroxyl groups is 3. The van der Waals surface area contributed by atoms with E-state index in [1.807, 2.05) is 6.92 Å². The maximum absolute atomic E-state index is 12.7. The van der Waals surface area contributed by atoms with Crippen LogP contribution in [-0.4, -0.2) is 45.7 Å². The van der Waals surface area contributed by atoms with Gasteiger partial charge >= 0.3 is 65.2 Å². The molecule has 0 saturated carbocycles. The van der Waals surface area contributed by atoms with Crippen molar-refractivity contribution in [3.05, 3.63) is 33.8 Å². The topological polar surface area (TPSA) is 155 Å². The molecule has 1 aromatic rings. The molecule has 4 unspecified atom stereocenters. The number of ether oxygens (including phenoxy) is 2. The van der Waals surface area contributed by atoms with Gasteiger partial charge in [-0.1, -0.05) is 13.8 Å².